The van der Waals surface area contributed by atoms with Gasteiger partial charge in [-0.25, -0.2) is 4.39 Å². The molecule has 1 N–H and O–H groups in total. The first-order valence-corrected chi connectivity index (χ1v) is 9.88. The van der Waals surface area contributed by atoms with Crippen molar-refractivity contribution < 1.29 is 10.6 Å². The first-order valence-electron chi connectivity index (χ1n) is 9.88. The monoisotopic (exact) mass is 346 g/mol. The number of nitrogens with zero attached hydrogens (tertiary/aromatic N) is 1. The zero-order valence-corrected chi connectivity index (χ0v) is 15.2. The van der Waals surface area contributed by atoms with E-state index in [0.717, 1.165) is 31.5 Å². The van der Waals surface area contributed by atoms with Crippen LogP contribution in [0.15, 0.2) is 18.2 Å². The van der Waals surface area contributed by atoms with Gasteiger partial charge >= 0.3 is 0 Å². The van der Waals surface area contributed by atoms with Crippen molar-refractivity contribution in [1.82, 2.24) is 10.2 Å². The minimum absolute atomic E-state index is 0. The second-order valence-electron chi connectivity index (χ2n) is 8.33. The second-order valence-corrected chi connectivity index (χ2v) is 8.33. The van der Waals surface area contributed by atoms with Crippen molar-refractivity contribution in [2.45, 2.75) is 75.8 Å². The number of benzene rings is 1. The van der Waals surface area contributed by atoms with Gasteiger partial charge in [-0.15, -0.1) is 0 Å². The van der Waals surface area contributed by atoms with Gasteiger partial charge in [0.2, 0.25) is 5.91 Å². The topological polar surface area (TPSA) is 32.3 Å². The Labute approximate surface area is 151 Å². The summed E-state index contributed by atoms with van der Waals surface area (Å²) in [6.07, 6.45) is 10.1. The van der Waals surface area contributed by atoms with Crippen molar-refractivity contribution >= 4 is 5.91 Å². The summed E-state index contributed by atoms with van der Waals surface area (Å²) < 4.78 is 13.8. The molecular weight excluding hydrogens is 315 g/mol. The molecule has 1 heterocycles. The Morgan fingerprint density at radius 3 is 2.76 bits per heavy atom. The van der Waals surface area contributed by atoms with E-state index in [4.69, 9.17) is 0 Å². The van der Waals surface area contributed by atoms with Crippen LogP contribution >= 0.6 is 0 Å². The highest BCUT2D eigenvalue weighted by molar-refractivity contribution is 5.74. The van der Waals surface area contributed by atoms with E-state index in [-0.39, 0.29) is 24.6 Å². The predicted octanol–water partition coefficient (Wildman–Crippen LogP) is 4.32. The highest BCUT2D eigenvalue weighted by Crippen LogP contribution is 2.51. The first-order chi connectivity index (χ1) is 12.1. The lowest BCUT2D eigenvalue weighted by Gasteiger charge is -2.30. The van der Waals surface area contributed by atoms with E-state index in [0.29, 0.717) is 6.04 Å². The van der Waals surface area contributed by atoms with Crippen LogP contribution in [0.2, 0.25) is 0 Å². The highest BCUT2D eigenvalue weighted by Gasteiger charge is 2.49. The summed E-state index contributed by atoms with van der Waals surface area (Å²) in [5, 5.41) is 3.06. The van der Waals surface area contributed by atoms with Crippen molar-refractivity contribution in [3.63, 3.8) is 0 Å². The molecule has 1 saturated carbocycles. The summed E-state index contributed by atoms with van der Waals surface area (Å²) in [6.45, 7) is 3.75. The minimum atomic E-state index is -0.204. The van der Waals surface area contributed by atoms with Crippen LogP contribution in [-0.4, -0.2) is 29.9 Å². The number of carbonyl (C=O) groups excluding carboxylic acids is 1. The molecule has 1 aromatic carbocycles. The molecule has 3 aliphatic rings. The Kier molecular flexibility index (Phi) is 4.57. The van der Waals surface area contributed by atoms with Crippen LogP contribution in [0.4, 0.5) is 4.39 Å². The van der Waals surface area contributed by atoms with Crippen LogP contribution < -0.4 is 5.32 Å². The van der Waals surface area contributed by atoms with Crippen LogP contribution in [0, 0.1) is 5.82 Å². The maximum atomic E-state index is 13.8. The molecular formula is C21H31FN2O. The van der Waals surface area contributed by atoms with E-state index in [1.165, 1.54) is 44.1 Å². The molecule has 3 nitrogen and oxygen atoms in total. The third-order valence-corrected chi connectivity index (χ3v) is 6.66. The van der Waals surface area contributed by atoms with E-state index in [2.05, 4.69) is 10.2 Å². The second kappa shape index (κ2) is 6.71. The Morgan fingerprint density at radius 2 is 2.04 bits per heavy atom. The molecule has 0 radical (unpaired) electrons. The van der Waals surface area contributed by atoms with E-state index < -0.39 is 0 Å². The molecule has 1 spiro atoms. The summed E-state index contributed by atoms with van der Waals surface area (Å²) in [6, 6.07) is 5.87. The van der Waals surface area contributed by atoms with Crippen molar-refractivity contribution in [2.75, 3.05) is 13.1 Å². The summed E-state index contributed by atoms with van der Waals surface area (Å²) >= 11 is 0. The molecule has 2 aliphatic carbocycles. The molecule has 1 amide bonds. The Balaban J connectivity index is 0.00000196. The molecule has 25 heavy (non-hydrogen) atoms. The largest absolute Gasteiger partial charge is 0.349 e. The molecule has 0 aromatic heterocycles. The average molecular weight is 346 g/mol. The number of nitrogens with one attached hydrogen (secondary N) is 1. The molecule has 1 saturated heterocycles. The van der Waals surface area contributed by atoms with Gasteiger partial charge in [-0.2, -0.15) is 0 Å². The number of amides is 1. The fourth-order valence-corrected chi connectivity index (χ4v) is 5.52. The van der Waals surface area contributed by atoms with Gasteiger partial charge in [0.25, 0.3) is 0 Å². The Bertz CT molecular complexity index is 659. The summed E-state index contributed by atoms with van der Waals surface area (Å²) in [7, 11) is 0. The number of halogens is 1. The molecule has 138 valence electrons. The van der Waals surface area contributed by atoms with Gasteiger partial charge in [-0.3, -0.25) is 9.69 Å². The molecule has 2 fully saturated rings. The maximum Gasteiger partial charge on any atom is 0.217 e. The molecule has 1 unspecified atom stereocenters. The fraction of sp³-hybridized carbons (Fsp3) is 0.667. The zero-order chi connectivity index (χ0) is 17.4. The van der Waals surface area contributed by atoms with Crippen LogP contribution in [0.3, 0.4) is 0 Å². The van der Waals surface area contributed by atoms with Gasteiger partial charge in [-0.1, -0.05) is 31.7 Å². The third kappa shape index (κ3) is 3.21. The molecule has 4 heteroatoms. The van der Waals surface area contributed by atoms with Gasteiger partial charge < -0.3 is 5.32 Å². The summed E-state index contributed by atoms with van der Waals surface area (Å²) in [4.78, 5) is 14.3. The smallest absolute Gasteiger partial charge is 0.217 e. The van der Waals surface area contributed by atoms with Crippen LogP contribution in [-0.2, 0) is 10.2 Å². The molecule has 1 aliphatic heterocycles. The van der Waals surface area contributed by atoms with Crippen molar-refractivity contribution in [3.05, 3.63) is 35.1 Å². The molecule has 0 bridgehead atoms. The number of fused-ring (bicyclic) bond motifs is 2. The van der Waals surface area contributed by atoms with E-state index in [1.54, 1.807) is 19.1 Å². The molecule has 1 aromatic rings. The number of rotatable bonds is 2. The fourth-order valence-electron chi connectivity index (χ4n) is 5.52. The standard InChI is InChI=1S/C21H29FN2O.H2/c1-15(25)23-20-13-21(19-9-8-16(22)12-18(19)20)10-11-24(14-21)17-6-4-2-3-5-7-17;/h8-9,12,17,20H,2-7,10-11,13-14H2,1H3,(H,23,25);1H/t20-,21?;/m0./s1. The predicted molar refractivity (Wildman–Crippen MR) is 99.0 cm³/mol. The van der Waals surface area contributed by atoms with E-state index in [9.17, 15) is 9.18 Å². The highest BCUT2D eigenvalue weighted by atomic mass is 19.1. The molecule has 4 rings (SSSR count). The van der Waals surface area contributed by atoms with E-state index in [1.807, 2.05) is 6.07 Å². The number of hydrogen-bond acceptors (Lipinski definition) is 2. The summed E-state index contributed by atoms with van der Waals surface area (Å²) in [5.74, 6) is -0.236. The minimum Gasteiger partial charge on any atom is -0.349 e. The third-order valence-electron chi connectivity index (χ3n) is 6.66. The van der Waals surface area contributed by atoms with Crippen molar-refractivity contribution in [1.29, 1.82) is 0 Å². The van der Waals surface area contributed by atoms with Gasteiger partial charge in [-0.05, 0) is 55.5 Å². The quantitative estimate of drug-likeness (QED) is 0.809. The average Bonchev–Trinajstić information content (AvgIpc) is 2.98. The molecule has 2 atom stereocenters. The van der Waals surface area contributed by atoms with Crippen LogP contribution in [0.5, 0.6) is 0 Å². The number of carbonyl (C=O) groups is 1. The van der Waals surface area contributed by atoms with Crippen LogP contribution in [0.25, 0.3) is 0 Å². The zero-order valence-electron chi connectivity index (χ0n) is 15.2. The van der Waals surface area contributed by atoms with Crippen molar-refractivity contribution in [2.24, 2.45) is 0 Å². The van der Waals surface area contributed by atoms with Crippen LogP contribution in [0.1, 0.15) is 76.9 Å². The van der Waals surface area contributed by atoms with Gasteiger partial charge in [0.05, 0.1) is 6.04 Å². The van der Waals surface area contributed by atoms with E-state index >= 15 is 0 Å². The Morgan fingerprint density at radius 1 is 1.28 bits per heavy atom. The van der Waals surface area contributed by atoms with Crippen molar-refractivity contribution in [3.8, 4) is 0 Å². The first kappa shape index (κ1) is 17.0. The Hall–Kier alpha value is -1.42. The lowest BCUT2D eigenvalue weighted by Crippen LogP contribution is -2.36. The number of likely N-dealkylation sites (tertiary alicyclic amines) is 1. The maximum absolute atomic E-state index is 13.8. The number of hydrogen-bond donors (Lipinski definition) is 1. The summed E-state index contributed by atoms with van der Waals surface area (Å²) in [5.41, 5.74) is 2.35. The van der Waals surface area contributed by atoms with Gasteiger partial charge in [0.1, 0.15) is 5.82 Å². The lowest BCUT2D eigenvalue weighted by molar-refractivity contribution is -0.119. The SMILES string of the molecule is CC(=O)N[C@H]1CC2(CCN(C3CCCCCC3)C2)c2ccc(F)cc21.[HH]. The van der Waals surface area contributed by atoms with Gasteiger partial charge in [0.15, 0.2) is 0 Å². The normalized spacial score (nSPS) is 30.4. The van der Waals surface area contributed by atoms with Gasteiger partial charge in [0, 0.05) is 26.4 Å². The lowest BCUT2D eigenvalue weighted by atomic mass is 9.81.